The van der Waals surface area contributed by atoms with Gasteiger partial charge in [0.25, 0.3) is 0 Å². The van der Waals surface area contributed by atoms with Crippen molar-refractivity contribution in [1.29, 1.82) is 0 Å². The Morgan fingerprint density at radius 3 is 2.75 bits per heavy atom. The first-order chi connectivity index (χ1) is 7.90. The van der Waals surface area contributed by atoms with Crippen molar-refractivity contribution in [3.05, 3.63) is 0 Å². The van der Waals surface area contributed by atoms with Crippen molar-refractivity contribution in [2.45, 2.75) is 45.4 Å². The molecule has 1 aliphatic carbocycles. The molecule has 2 unspecified atom stereocenters. The smallest absolute Gasteiger partial charge is 0.00123 e. The first-order valence-electron chi connectivity index (χ1n) is 7.33. The van der Waals surface area contributed by atoms with Crippen molar-refractivity contribution in [2.75, 3.05) is 32.7 Å². The quantitative estimate of drug-likeness (QED) is 0.722. The van der Waals surface area contributed by atoms with E-state index in [1.54, 1.807) is 0 Å². The maximum atomic E-state index is 3.42. The Labute approximate surface area is 101 Å². The number of hydrogen-bond donors (Lipinski definition) is 1. The van der Waals surface area contributed by atoms with Crippen LogP contribution in [0.5, 0.6) is 0 Å². The number of likely N-dealkylation sites (tertiary alicyclic amines) is 1. The Morgan fingerprint density at radius 1 is 1.12 bits per heavy atom. The van der Waals surface area contributed by atoms with Gasteiger partial charge in [0.15, 0.2) is 0 Å². The van der Waals surface area contributed by atoms with Gasteiger partial charge < -0.3 is 10.2 Å². The van der Waals surface area contributed by atoms with E-state index in [1.165, 1.54) is 64.7 Å². The average molecular weight is 224 g/mol. The van der Waals surface area contributed by atoms with Gasteiger partial charge in [0.05, 0.1) is 0 Å². The third kappa shape index (κ3) is 3.46. The molecule has 0 spiro atoms. The third-order valence-corrected chi connectivity index (χ3v) is 4.45. The molecule has 1 aliphatic heterocycles. The Hall–Kier alpha value is -0.0800. The molecule has 0 amide bonds. The Morgan fingerprint density at radius 2 is 1.94 bits per heavy atom. The summed E-state index contributed by atoms with van der Waals surface area (Å²) in [5.74, 6) is 2.13. The highest BCUT2D eigenvalue weighted by atomic mass is 15.1. The van der Waals surface area contributed by atoms with Gasteiger partial charge in [-0.2, -0.15) is 0 Å². The van der Waals surface area contributed by atoms with Crippen LogP contribution in [0.3, 0.4) is 0 Å². The normalized spacial score (nSPS) is 31.3. The van der Waals surface area contributed by atoms with Crippen LogP contribution in [0.4, 0.5) is 0 Å². The van der Waals surface area contributed by atoms with Crippen LogP contribution in [0.25, 0.3) is 0 Å². The maximum Gasteiger partial charge on any atom is 0.00123 e. The largest absolute Gasteiger partial charge is 0.317 e. The highest BCUT2D eigenvalue weighted by molar-refractivity contribution is 4.83. The molecule has 0 bridgehead atoms. The number of piperidine rings is 1. The predicted octanol–water partition coefficient (Wildman–Crippen LogP) is 2.50. The van der Waals surface area contributed by atoms with E-state index in [2.05, 4.69) is 17.1 Å². The van der Waals surface area contributed by atoms with E-state index < -0.39 is 0 Å². The second kappa shape index (κ2) is 6.61. The van der Waals surface area contributed by atoms with Gasteiger partial charge in [0.1, 0.15) is 0 Å². The summed E-state index contributed by atoms with van der Waals surface area (Å²) in [6, 6.07) is 0. The van der Waals surface area contributed by atoms with Crippen molar-refractivity contribution in [3.8, 4) is 0 Å². The number of rotatable bonds is 5. The van der Waals surface area contributed by atoms with E-state index in [9.17, 15) is 0 Å². The van der Waals surface area contributed by atoms with Crippen molar-refractivity contribution in [2.24, 2.45) is 11.8 Å². The molecule has 0 aromatic carbocycles. The Balaban J connectivity index is 1.65. The van der Waals surface area contributed by atoms with Crippen molar-refractivity contribution >= 4 is 0 Å². The van der Waals surface area contributed by atoms with Gasteiger partial charge in [0.2, 0.25) is 0 Å². The zero-order valence-electron chi connectivity index (χ0n) is 10.9. The Kier molecular flexibility index (Phi) is 5.11. The fraction of sp³-hybridized carbons (Fsp3) is 1.00. The molecule has 1 heterocycles. The summed E-state index contributed by atoms with van der Waals surface area (Å²) in [6.45, 7) is 8.58. The molecular weight excluding hydrogens is 196 g/mol. The average Bonchev–Trinajstić information content (AvgIpc) is 2.34. The standard InChI is InChI=1S/C14H28N2/c1-2-15-9-5-10-16-11-8-13-6-3-4-7-14(13)12-16/h13-15H,2-12H2,1H3. The van der Waals surface area contributed by atoms with E-state index >= 15 is 0 Å². The summed E-state index contributed by atoms with van der Waals surface area (Å²) in [7, 11) is 0. The van der Waals surface area contributed by atoms with Gasteiger partial charge in [-0.15, -0.1) is 0 Å². The molecule has 1 N–H and O–H groups in total. The van der Waals surface area contributed by atoms with E-state index in [0.717, 1.165) is 18.4 Å². The molecule has 16 heavy (non-hydrogen) atoms. The number of fused-ring (bicyclic) bond motifs is 1. The lowest BCUT2D eigenvalue weighted by Gasteiger charge is -2.41. The van der Waals surface area contributed by atoms with E-state index in [1.807, 2.05) is 0 Å². The molecule has 2 atom stereocenters. The second-order valence-electron chi connectivity index (χ2n) is 5.60. The van der Waals surface area contributed by atoms with Gasteiger partial charge in [0, 0.05) is 6.54 Å². The number of hydrogen-bond acceptors (Lipinski definition) is 2. The van der Waals surface area contributed by atoms with Gasteiger partial charge >= 0.3 is 0 Å². The molecule has 2 rings (SSSR count). The predicted molar refractivity (Wildman–Crippen MR) is 69.7 cm³/mol. The van der Waals surface area contributed by atoms with Crippen LogP contribution < -0.4 is 5.32 Å². The molecule has 2 nitrogen and oxygen atoms in total. The highest BCUT2D eigenvalue weighted by Crippen LogP contribution is 2.35. The van der Waals surface area contributed by atoms with Gasteiger partial charge in [-0.1, -0.05) is 26.2 Å². The van der Waals surface area contributed by atoms with Crippen LogP contribution in [0.1, 0.15) is 45.4 Å². The first-order valence-corrected chi connectivity index (χ1v) is 7.33. The van der Waals surface area contributed by atoms with Crippen LogP contribution >= 0.6 is 0 Å². The number of nitrogens with zero attached hydrogens (tertiary/aromatic N) is 1. The molecule has 0 aromatic rings. The summed E-state index contributed by atoms with van der Waals surface area (Å²) in [4.78, 5) is 2.71. The molecule has 2 heteroatoms. The van der Waals surface area contributed by atoms with Crippen LogP contribution in [0.15, 0.2) is 0 Å². The molecule has 94 valence electrons. The fourth-order valence-corrected chi connectivity index (χ4v) is 3.48. The van der Waals surface area contributed by atoms with Gasteiger partial charge in [-0.25, -0.2) is 0 Å². The topological polar surface area (TPSA) is 15.3 Å². The molecule has 0 aromatic heterocycles. The van der Waals surface area contributed by atoms with Gasteiger partial charge in [-0.3, -0.25) is 0 Å². The van der Waals surface area contributed by atoms with Crippen molar-refractivity contribution < 1.29 is 0 Å². The molecule has 0 radical (unpaired) electrons. The van der Waals surface area contributed by atoms with Crippen LogP contribution in [0.2, 0.25) is 0 Å². The molecule has 1 saturated heterocycles. The summed E-state index contributed by atoms with van der Waals surface area (Å²) in [5.41, 5.74) is 0. The van der Waals surface area contributed by atoms with Crippen LogP contribution in [0, 0.1) is 11.8 Å². The maximum absolute atomic E-state index is 3.42. The number of nitrogens with one attached hydrogen (secondary N) is 1. The zero-order chi connectivity index (χ0) is 11.2. The second-order valence-corrected chi connectivity index (χ2v) is 5.60. The zero-order valence-corrected chi connectivity index (χ0v) is 10.9. The van der Waals surface area contributed by atoms with Crippen molar-refractivity contribution in [3.63, 3.8) is 0 Å². The third-order valence-electron chi connectivity index (χ3n) is 4.45. The minimum atomic E-state index is 1.04. The van der Waals surface area contributed by atoms with Crippen LogP contribution in [-0.2, 0) is 0 Å². The Bertz CT molecular complexity index is 193. The molecule has 2 fully saturated rings. The fourth-order valence-electron chi connectivity index (χ4n) is 3.48. The summed E-state index contributed by atoms with van der Waals surface area (Å²) < 4.78 is 0. The minimum Gasteiger partial charge on any atom is -0.317 e. The molecule has 1 saturated carbocycles. The van der Waals surface area contributed by atoms with E-state index in [0.29, 0.717) is 0 Å². The molecular formula is C14H28N2. The highest BCUT2D eigenvalue weighted by Gasteiger charge is 2.30. The summed E-state index contributed by atoms with van der Waals surface area (Å²) >= 11 is 0. The SMILES string of the molecule is CCNCCCN1CCC2CCCCC2C1. The summed E-state index contributed by atoms with van der Waals surface area (Å²) in [5, 5.41) is 3.42. The lowest BCUT2D eigenvalue weighted by Crippen LogP contribution is -2.42. The lowest BCUT2D eigenvalue weighted by molar-refractivity contribution is 0.0862. The van der Waals surface area contributed by atoms with E-state index in [-0.39, 0.29) is 0 Å². The van der Waals surface area contributed by atoms with Crippen LogP contribution in [-0.4, -0.2) is 37.6 Å². The monoisotopic (exact) mass is 224 g/mol. The van der Waals surface area contributed by atoms with Crippen molar-refractivity contribution in [1.82, 2.24) is 10.2 Å². The van der Waals surface area contributed by atoms with E-state index in [4.69, 9.17) is 0 Å². The molecule has 2 aliphatic rings. The van der Waals surface area contributed by atoms with Gasteiger partial charge in [-0.05, 0) is 57.3 Å². The first kappa shape index (κ1) is 12.4. The lowest BCUT2D eigenvalue weighted by atomic mass is 9.75. The summed E-state index contributed by atoms with van der Waals surface area (Å²) in [6.07, 6.45) is 8.83. The minimum absolute atomic E-state index is 1.04.